The molecule has 1 aliphatic rings. The van der Waals surface area contributed by atoms with E-state index >= 15 is 0 Å². The molecule has 20 heavy (non-hydrogen) atoms. The van der Waals surface area contributed by atoms with Crippen LogP contribution < -0.4 is 9.47 Å². The Bertz CT molecular complexity index is 716. The maximum Gasteiger partial charge on any atom is 0.231 e. The molecule has 0 unspecified atom stereocenters. The fraction of sp³-hybridized carbons (Fsp3) is 0.0625. The SMILES string of the molecule is COc1cccc(/C=C2\Oc3ccccc3C2=O)c1O. The van der Waals surface area contributed by atoms with Crippen LogP contribution in [0, 0.1) is 0 Å². The van der Waals surface area contributed by atoms with Crippen molar-refractivity contribution in [1.82, 2.24) is 0 Å². The largest absolute Gasteiger partial charge is 0.504 e. The molecule has 1 N–H and O–H groups in total. The van der Waals surface area contributed by atoms with Crippen LogP contribution in [0.5, 0.6) is 17.2 Å². The summed E-state index contributed by atoms with van der Waals surface area (Å²) in [4.78, 5) is 12.2. The molecular weight excluding hydrogens is 256 g/mol. The zero-order valence-corrected chi connectivity index (χ0v) is 10.8. The number of methoxy groups -OCH3 is 1. The second kappa shape index (κ2) is 4.74. The Labute approximate surface area is 115 Å². The van der Waals surface area contributed by atoms with Crippen LogP contribution in [0.25, 0.3) is 6.08 Å². The number of rotatable bonds is 2. The van der Waals surface area contributed by atoms with Gasteiger partial charge in [0.05, 0.1) is 12.7 Å². The van der Waals surface area contributed by atoms with Crippen molar-refractivity contribution in [3.8, 4) is 17.2 Å². The number of allylic oxidation sites excluding steroid dienone is 1. The number of ketones is 1. The number of hydrogen-bond donors (Lipinski definition) is 1. The second-order valence-electron chi connectivity index (χ2n) is 4.33. The van der Waals surface area contributed by atoms with E-state index in [2.05, 4.69) is 0 Å². The Morgan fingerprint density at radius 2 is 1.95 bits per heavy atom. The predicted molar refractivity (Wildman–Crippen MR) is 74.0 cm³/mol. The molecule has 4 nitrogen and oxygen atoms in total. The quantitative estimate of drug-likeness (QED) is 0.851. The Morgan fingerprint density at radius 3 is 2.70 bits per heavy atom. The lowest BCUT2D eigenvalue weighted by molar-refractivity contribution is 0.101. The van der Waals surface area contributed by atoms with Crippen LogP contribution in [0.4, 0.5) is 0 Å². The molecule has 0 aliphatic carbocycles. The fourth-order valence-corrected chi connectivity index (χ4v) is 2.10. The number of carbonyl (C=O) groups excluding carboxylic acids is 1. The van der Waals surface area contributed by atoms with Crippen molar-refractivity contribution in [1.29, 1.82) is 0 Å². The van der Waals surface area contributed by atoms with Crippen molar-refractivity contribution in [2.24, 2.45) is 0 Å². The van der Waals surface area contributed by atoms with Gasteiger partial charge in [0, 0.05) is 5.56 Å². The van der Waals surface area contributed by atoms with Crippen molar-refractivity contribution >= 4 is 11.9 Å². The summed E-state index contributed by atoms with van der Waals surface area (Å²) in [7, 11) is 1.47. The Hall–Kier alpha value is -2.75. The number of hydrogen-bond acceptors (Lipinski definition) is 4. The van der Waals surface area contributed by atoms with Crippen LogP contribution >= 0.6 is 0 Å². The lowest BCUT2D eigenvalue weighted by Crippen LogP contribution is -1.98. The molecule has 0 spiro atoms. The third-order valence-corrected chi connectivity index (χ3v) is 3.11. The minimum Gasteiger partial charge on any atom is -0.504 e. The number of Topliss-reactive ketones (excluding diaryl/α,β-unsaturated/α-hetero) is 1. The van der Waals surface area contributed by atoms with Gasteiger partial charge in [0.2, 0.25) is 5.78 Å². The number of phenols is 1. The highest BCUT2D eigenvalue weighted by Crippen LogP contribution is 2.35. The molecule has 0 radical (unpaired) electrons. The zero-order chi connectivity index (χ0) is 14.1. The molecule has 1 heterocycles. The van der Waals surface area contributed by atoms with Gasteiger partial charge in [0.15, 0.2) is 17.3 Å². The number of ether oxygens (including phenoxy) is 2. The van der Waals surface area contributed by atoms with E-state index in [0.29, 0.717) is 22.6 Å². The van der Waals surface area contributed by atoms with E-state index in [1.54, 1.807) is 42.5 Å². The Kier molecular flexibility index (Phi) is 2.91. The summed E-state index contributed by atoms with van der Waals surface area (Å²) in [6.07, 6.45) is 1.51. The van der Waals surface area contributed by atoms with E-state index in [1.807, 2.05) is 0 Å². The van der Waals surface area contributed by atoms with Gasteiger partial charge >= 0.3 is 0 Å². The Balaban J connectivity index is 2.02. The number of fused-ring (bicyclic) bond motifs is 1. The summed E-state index contributed by atoms with van der Waals surface area (Å²) in [6, 6.07) is 12.1. The van der Waals surface area contributed by atoms with Gasteiger partial charge in [-0.2, -0.15) is 0 Å². The van der Waals surface area contributed by atoms with Crippen molar-refractivity contribution in [3.05, 3.63) is 59.4 Å². The molecule has 0 atom stereocenters. The summed E-state index contributed by atoms with van der Waals surface area (Å²) in [5, 5.41) is 10.0. The predicted octanol–water partition coefficient (Wildman–Crippen LogP) is 3.02. The maximum atomic E-state index is 12.2. The molecule has 3 rings (SSSR count). The Morgan fingerprint density at radius 1 is 1.15 bits per heavy atom. The van der Waals surface area contributed by atoms with Crippen molar-refractivity contribution in [3.63, 3.8) is 0 Å². The number of phenolic OH excluding ortho intramolecular Hbond substituents is 1. The molecular formula is C16H12O4. The first-order chi connectivity index (χ1) is 9.70. The van der Waals surface area contributed by atoms with E-state index in [4.69, 9.17) is 9.47 Å². The minimum absolute atomic E-state index is 0.0187. The van der Waals surface area contributed by atoms with Crippen molar-refractivity contribution in [2.75, 3.05) is 7.11 Å². The third-order valence-electron chi connectivity index (χ3n) is 3.11. The molecule has 0 amide bonds. The van der Waals surface area contributed by atoms with E-state index in [1.165, 1.54) is 13.2 Å². The smallest absolute Gasteiger partial charge is 0.231 e. The normalized spacial score (nSPS) is 15.1. The molecule has 0 saturated carbocycles. The van der Waals surface area contributed by atoms with Crippen molar-refractivity contribution < 1.29 is 19.4 Å². The molecule has 4 heteroatoms. The summed E-state index contributed by atoms with van der Waals surface area (Å²) in [5.74, 6) is 0.862. The molecule has 0 bridgehead atoms. The number of para-hydroxylation sites is 2. The molecule has 1 aliphatic heterocycles. The highest BCUT2D eigenvalue weighted by molar-refractivity contribution is 6.14. The second-order valence-corrected chi connectivity index (χ2v) is 4.33. The zero-order valence-electron chi connectivity index (χ0n) is 10.8. The van der Waals surface area contributed by atoms with Gasteiger partial charge in [-0.1, -0.05) is 24.3 Å². The number of aromatic hydroxyl groups is 1. The van der Waals surface area contributed by atoms with E-state index in [0.717, 1.165) is 0 Å². The van der Waals surface area contributed by atoms with Crippen LogP contribution in [0.1, 0.15) is 15.9 Å². The summed E-state index contributed by atoms with van der Waals surface area (Å²) in [6.45, 7) is 0. The highest BCUT2D eigenvalue weighted by atomic mass is 16.5. The summed E-state index contributed by atoms with van der Waals surface area (Å²) >= 11 is 0. The fourth-order valence-electron chi connectivity index (χ4n) is 2.10. The number of benzene rings is 2. The van der Waals surface area contributed by atoms with Gasteiger partial charge < -0.3 is 14.6 Å². The molecule has 0 fully saturated rings. The topological polar surface area (TPSA) is 55.8 Å². The maximum absolute atomic E-state index is 12.2. The number of carbonyl (C=O) groups is 1. The van der Waals surface area contributed by atoms with Gasteiger partial charge in [-0.15, -0.1) is 0 Å². The molecule has 0 aromatic heterocycles. The van der Waals surface area contributed by atoms with Crippen LogP contribution in [0.15, 0.2) is 48.2 Å². The molecule has 100 valence electrons. The monoisotopic (exact) mass is 268 g/mol. The highest BCUT2D eigenvalue weighted by Gasteiger charge is 2.26. The van der Waals surface area contributed by atoms with Gasteiger partial charge in [0.25, 0.3) is 0 Å². The molecule has 2 aromatic rings. The van der Waals surface area contributed by atoms with Crippen LogP contribution in [-0.2, 0) is 0 Å². The molecule has 2 aromatic carbocycles. The van der Waals surface area contributed by atoms with E-state index in [-0.39, 0.29) is 17.3 Å². The van der Waals surface area contributed by atoms with Crippen LogP contribution in [0.3, 0.4) is 0 Å². The van der Waals surface area contributed by atoms with Gasteiger partial charge in [-0.25, -0.2) is 0 Å². The van der Waals surface area contributed by atoms with E-state index < -0.39 is 0 Å². The van der Waals surface area contributed by atoms with Gasteiger partial charge in [0.1, 0.15) is 5.75 Å². The molecule has 0 saturated heterocycles. The third kappa shape index (κ3) is 1.91. The van der Waals surface area contributed by atoms with Crippen LogP contribution in [0.2, 0.25) is 0 Å². The average Bonchev–Trinajstić information content (AvgIpc) is 2.78. The van der Waals surface area contributed by atoms with Gasteiger partial charge in [-0.05, 0) is 24.3 Å². The average molecular weight is 268 g/mol. The summed E-state index contributed by atoms with van der Waals surface area (Å²) in [5.41, 5.74) is 1.00. The summed E-state index contributed by atoms with van der Waals surface area (Å²) < 4.78 is 10.5. The van der Waals surface area contributed by atoms with Crippen molar-refractivity contribution in [2.45, 2.75) is 0 Å². The first-order valence-electron chi connectivity index (χ1n) is 6.10. The first-order valence-corrected chi connectivity index (χ1v) is 6.10. The lowest BCUT2D eigenvalue weighted by Gasteiger charge is -2.06. The first kappa shape index (κ1) is 12.3. The van der Waals surface area contributed by atoms with Gasteiger partial charge in [-0.3, -0.25) is 4.79 Å². The minimum atomic E-state index is -0.192. The van der Waals surface area contributed by atoms with Crippen LogP contribution in [-0.4, -0.2) is 18.0 Å². The van der Waals surface area contributed by atoms with E-state index in [9.17, 15) is 9.90 Å². The standard InChI is InChI=1S/C16H12O4/c1-19-13-8-4-5-10(15(13)17)9-14-16(18)11-6-2-3-7-12(11)20-14/h2-9,17H,1H3/b14-9-. The lowest BCUT2D eigenvalue weighted by atomic mass is 10.1.